The zero-order valence-electron chi connectivity index (χ0n) is 18.6. The van der Waals surface area contributed by atoms with Gasteiger partial charge < -0.3 is 19.3 Å². The number of aromatic nitrogens is 1. The maximum atomic E-state index is 13.1. The number of ether oxygens (including phenoxy) is 2. The summed E-state index contributed by atoms with van der Waals surface area (Å²) in [5.41, 5.74) is 4.19. The van der Waals surface area contributed by atoms with Crippen LogP contribution in [0.1, 0.15) is 35.3 Å². The number of rotatable bonds is 6. The number of hydrogen-bond acceptors (Lipinski definition) is 6. The lowest BCUT2D eigenvalue weighted by atomic mass is 10.1. The van der Waals surface area contributed by atoms with E-state index >= 15 is 0 Å². The molecule has 0 saturated carbocycles. The van der Waals surface area contributed by atoms with E-state index in [1.807, 2.05) is 30.9 Å². The third kappa shape index (κ3) is 4.32. The first kappa shape index (κ1) is 21.4. The van der Waals surface area contributed by atoms with E-state index in [4.69, 9.17) is 14.5 Å². The highest BCUT2D eigenvalue weighted by molar-refractivity contribution is 7.22. The number of fused-ring (bicyclic) bond motifs is 1. The van der Waals surface area contributed by atoms with E-state index in [9.17, 15) is 4.79 Å². The van der Waals surface area contributed by atoms with Gasteiger partial charge in [-0.2, -0.15) is 0 Å². The van der Waals surface area contributed by atoms with Crippen LogP contribution in [0.4, 0.5) is 5.13 Å². The third-order valence-corrected chi connectivity index (χ3v) is 6.81. The molecule has 1 aromatic heterocycles. The number of carbonyl (C=O) groups excluding carboxylic acids is 1. The maximum Gasteiger partial charge on any atom is 0.254 e. The summed E-state index contributed by atoms with van der Waals surface area (Å²) in [6.45, 7) is 12.1. The van der Waals surface area contributed by atoms with Crippen LogP contribution in [0, 0.1) is 13.8 Å². The minimum atomic E-state index is 0.0274. The van der Waals surface area contributed by atoms with Crippen LogP contribution < -0.4 is 14.4 Å². The van der Waals surface area contributed by atoms with E-state index in [1.54, 1.807) is 17.4 Å². The summed E-state index contributed by atoms with van der Waals surface area (Å²) in [7, 11) is 0. The molecule has 0 atom stereocenters. The van der Waals surface area contributed by atoms with E-state index in [2.05, 4.69) is 30.9 Å². The zero-order chi connectivity index (χ0) is 22.0. The summed E-state index contributed by atoms with van der Waals surface area (Å²) in [6.07, 6.45) is 0. The Morgan fingerprint density at radius 3 is 2.32 bits per heavy atom. The number of aryl methyl sites for hydroxylation is 2. The molecule has 1 fully saturated rings. The second-order valence-electron chi connectivity index (χ2n) is 7.68. The first-order valence-corrected chi connectivity index (χ1v) is 11.6. The molecule has 0 bridgehead atoms. The van der Waals surface area contributed by atoms with Gasteiger partial charge in [-0.3, -0.25) is 4.79 Å². The number of benzene rings is 2. The Morgan fingerprint density at radius 1 is 0.968 bits per heavy atom. The Kier molecular flexibility index (Phi) is 6.32. The molecule has 7 heteroatoms. The molecule has 4 rings (SSSR count). The molecule has 164 valence electrons. The Morgan fingerprint density at radius 2 is 1.65 bits per heavy atom. The molecule has 3 aromatic rings. The fourth-order valence-corrected chi connectivity index (χ4v) is 5.01. The van der Waals surface area contributed by atoms with E-state index in [-0.39, 0.29) is 5.91 Å². The van der Waals surface area contributed by atoms with Gasteiger partial charge >= 0.3 is 0 Å². The summed E-state index contributed by atoms with van der Waals surface area (Å²) >= 11 is 1.75. The van der Waals surface area contributed by atoms with Crippen LogP contribution in [-0.2, 0) is 0 Å². The van der Waals surface area contributed by atoms with Gasteiger partial charge in [-0.15, -0.1) is 0 Å². The van der Waals surface area contributed by atoms with Gasteiger partial charge in [0.15, 0.2) is 16.6 Å². The fraction of sp³-hybridized carbons (Fsp3) is 0.417. The Bertz CT molecular complexity index is 1050. The molecular weight excluding hydrogens is 410 g/mol. The molecule has 1 aliphatic heterocycles. The van der Waals surface area contributed by atoms with Crippen LogP contribution in [0.15, 0.2) is 30.3 Å². The van der Waals surface area contributed by atoms with Gasteiger partial charge in [0.1, 0.15) is 0 Å². The lowest BCUT2D eigenvalue weighted by Gasteiger charge is -2.34. The van der Waals surface area contributed by atoms with E-state index in [1.165, 1.54) is 15.8 Å². The van der Waals surface area contributed by atoms with Crippen molar-refractivity contribution in [1.29, 1.82) is 0 Å². The molecule has 0 radical (unpaired) electrons. The summed E-state index contributed by atoms with van der Waals surface area (Å²) in [5.74, 6) is 1.32. The van der Waals surface area contributed by atoms with Crippen LogP contribution in [0.2, 0.25) is 0 Å². The first-order chi connectivity index (χ1) is 15.0. The van der Waals surface area contributed by atoms with Crippen LogP contribution in [0.3, 0.4) is 0 Å². The van der Waals surface area contributed by atoms with Crippen LogP contribution in [0.25, 0.3) is 10.2 Å². The lowest BCUT2D eigenvalue weighted by molar-refractivity contribution is 0.0746. The smallest absolute Gasteiger partial charge is 0.254 e. The van der Waals surface area contributed by atoms with Gasteiger partial charge in [-0.1, -0.05) is 23.5 Å². The Labute approximate surface area is 187 Å². The normalized spacial score (nSPS) is 14.2. The van der Waals surface area contributed by atoms with Crippen LogP contribution >= 0.6 is 11.3 Å². The molecule has 2 heterocycles. The second kappa shape index (κ2) is 9.14. The van der Waals surface area contributed by atoms with Crippen LogP contribution in [0.5, 0.6) is 11.5 Å². The summed E-state index contributed by atoms with van der Waals surface area (Å²) in [4.78, 5) is 22.2. The van der Waals surface area contributed by atoms with Gasteiger partial charge in [0.05, 0.1) is 23.4 Å². The Balaban J connectivity index is 1.46. The number of piperazine rings is 1. The van der Waals surface area contributed by atoms with Crippen molar-refractivity contribution in [2.45, 2.75) is 27.7 Å². The standard InChI is InChI=1S/C24H29N3O3S/c1-5-29-19-10-9-18(15-20(19)30-6-2)23(28)26-11-13-27(14-12-26)24-25-21-16(3)7-8-17(4)22(21)31-24/h7-10,15H,5-6,11-14H2,1-4H3. The van der Waals surface area contributed by atoms with Gasteiger partial charge in [-0.25, -0.2) is 4.98 Å². The monoisotopic (exact) mass is 439 g/mol. The molecule has 6 nitrogen and oxygen atoms in total. The lowest BCUT2D eigenvalue weighted by Crippen LogP contribution is -2.48. The average molecular weight is 440 g/mol. The van der Waals surface area contributed by atoms with Crippen molar-refractivity contribution >= 4 is 32.6 Å². The molecule has 2 aromatic carbocycles. The second-order valence-corrected chi connectivity index (χ2v) is 8.66. The fourth-order valence-electron chi connectivity index (χ4n) is 3.85. The molecule has 0 aliphatic carbocycles. The van der Waals surface area contributed by atoms with Crippen LogP contribution in [-0.4, -0.2) is 55.2 Å². The van der Waals surface area contributed by atoms with Crippen molar-refractivity contribution in [3.63, 3.8) is 0 Å². The molecule has 0 N–H and O–H groups in total. The van der Waals surface area contributed by atoms with Gasteiger partial charge in [-0.05, 0) is 57.0 Å². The van der Waals surface area contributed by atoms with Crippen molar-refractivity contribution in [3.05, 3.63) is 47.0 Å². The van der Waals surface area contributed by atoms with Gasteiger partial charge in [0.2, 0.25) is 0 Å². The average Bonchev–Trinajstić information content (AvgIpc) is 3.24. The highest BCUT2D eigenvalue weighted by Gasteiger charge is 2.25. The topological polar surface area (TPSA) is 54.9 Å². The van der Waals surface area contributed by atoms with Crippen molar-refractivity contribution in [2.75, 3.05) is 44.3 Å². The van der Waals surface area contributed by atoms with Crippen molar-refractivity contribution in [3.8, 4) is 11.5 Å². The molecule has 1 amide bonds. The van der Waals surface area contributed by atoms with Gasteiger partial charge in [0, 0.05) is 31.7 Å². The quantitative estimate of drug-likeness (QED) is 0.559. The number of nitrogens with zero attached hydrogens (tertiary/aromatic N) is 3. The predicted molar refractivity (Wildman–Crippen MR) is 126 cm³/mol. The third-order valence-electron chi connectivity index (χ3n) is 5.56. The Hall–Kier alpha value is -2.80. The molecule has 1 aliphatic rings. The highest BCUT2D eigenvalue weighted by atomic mass is 32.1. The first-order valence-electron chi connectivity index (χ1n) is 10.8. The maximum absolute atomic E-state index is 13.1. The van der Waals surface area contributed by atoms with Gasteiger partial charge in [0.25, 0.3) is 5.91 Å². The SMILES string of the molecule is CCOc1ccc(C(=O)N2CCN(c3nc4c(C)ccc(C)c4s3)CC2)cc1OCC. The molecule has 31 heavy (non-hydrogen) atoms. The van der Waals surface area contributed by atoms with E-state index < -0.39 is 0 Å². The summed E-state index contributed by atoms with van der Waals surface area (Å²) < 4.78 is 12.5. The van der Waals surface area contributed by atoms with Crippen molar-refractivity contribution in [1.82, 2.24) is 9.88 Å². The largest absolute Gasteiger partial charge is 0.490 e. The molecule has 0 unspecified atom stereocenters. The van der Waals surface area contributed by atoms with E-state index in [0.717, 1.165) is 23.7 Å². The summed E-state index contributed by atoms with van der Waals surface area (Å²) in [6, 6.07) is 9.72. The minimum absolute atomic E-state index is 0.0274. The van der Waals surface area contributed by atoms with Crippen molar-refractivity contribution in [2.24, 2.45) is 0 Å². The molecule has 1 saturated heterocycles. The molecular formula is C24H29N3O3S. The number of carbonyl (C=O) groups is 1. The number of hydrogen-bond donors (Lipinski definition) is 0. The minimum Gasteiger partial charge on any atom is -0.490 e. The number of thiazole rings is 1. The number of anilines is 1. The highest BCUT2D eigenvalue weighted by Crippen LogP contribution is 2.34. The van der Waals surface area contributed by atoms with E-state index in [0.29, 0.717) is 43.4 Å². The zero-order valence-corrected chi connectivity index (χ0v) is 19.4. The predicted octanol–water partition coefficient (Wildman–Crippen LogP) is 4.67. The van der Waals surface area contributed by atoms with Crippen molar-refractivity contribution < 1.29 is 14.3 Å². The number of amides is 1. The molecule has 0 spiro atoms. The summed E-state index contributed by atoms with van der Waals surface area (Å²) in [5, 5.41) is 1.04.